The van der Waals surface area contributed by atoms with E-state index in [0.717, 1.165) is 6.42 Å². The maximum Gasteiger partial charge on any atom is 0.311 e. The van der Waals surface area contributed by atoms with Crippen molar-refractivity contribution in [2.75, 3.05) is 26.3 Å². The SMILES string of the molecule is CC(C)(C)CC(C)(C)N1CC=C[C@]23S[C@H]4C=CCOC(=O)[C@H]4[C@H]2C(=O)N(CCCCO)C3C1=O. The minimum Gasteiger partial charge on any atom is -0.461 e. The molecule has 7 nitrogen and oxygen atoms in total. The molecule has 8 heteroatoms. The zero-order valence-corrected chi connectivity index (χ0v) is 21.8. The number of carbonyl (C=O) groups excluding carboxylic acids is 3. The lowest BCUT2D eigenvalue weighted by Crippen LogP contribution is -2.58. The van der Waals surface area contributed by atoms with E-state index < -0.39 is 28.2 Å². The molecule has 2 amide bonds. The highest BCUT2D eigenvalue weighted by Gasteiger charge is 2.71. The molecule has 2 fully saturated rings. The minimum absolute atomic E-state index is 0.0240. The summed E-state index contributed by atoms with van der Waals surface area (Å²) in [6.07, 6.45) is 9.85. The van der Waals surface area contributed by atoms with Gasteiger partial charge in [-0.3, -0.25) is 14.4 Å². The number of likely N-dealkylation sites (tertiary alicyclic amines) is 1. The lowest BCUT2D eigenvalue weighted by atomic mass is 9.78. The highest BCUT2D eigenvalue weighted by atomic mass is 32.2. The Kier molecular flexibility index (Phi) is 6.70. The van der Waals surface area contributed by atoms with E-state index in [1.807, 2.05) is 29.2 Å². The van der Waals surface area contributed by atoms with Crippen LogP contribution < -0.4 is 0 Å². The van der Waals surface area contributed by atoms with Gasteiger partial charge in [-0.05, 0) is 38.5 Å². The predicted octanol–water partition coefficient (Wildman–Crippen LogP) is 2.78. The largest absolute Gasteiger partial charge is 0.461 e. The van der Waals surface area contributed by atoms with Gasteiger partial charge in [-0.1, -0.05) is 45.1 Å². The first-order valence-corrected chi connectivity index (χ1v) is 13.2. The molecule has 1 spiro atoms. The van der Waals surface area contributed by atoms with Crippen LogP contribution in [-0.4, -0.2) is 80.6 Å². The number of unbranched alkanes of at least 4 members (excludes halogenated alkanes) is 1. The zero-order valence-electron chi connectivity index (χ0n) is 21.0. The number of hydrogen-bond acceptors (Lipinski definition) is 6. The number of fused-ring (bicyclic) bond motifs is 2. The second-order valence-electron chi connectivity index (χ2n) is 11.8. The molecule has 1 unspecified atom stereocenters. The fraction of sp³-hybridized carbons (Fsp3) is 0.731. The van der Waals surface area contributed by atoms with E-state index in [1.54, 1.807) is 16.7 Å². The van der Waals surface area contributed by atoms with E-state index in [1.165, 1.54) is 0 Å². The molecule has 0 saturated carbocycles. The number of esters is 1. The number of rotatable bonds is 6. The van der Waals surface area contributed by atoms with Crippen molar-refractivity contribution in [2.24, 2.45) is 17.3 Å². The number of hydrogen-bond donors (Lipinski definition) is 1. The molecule has 4 heterocycles. The molecular formula is C26H38N2O5S. The second-order valence-corrected chi connectivity index (χ2v) is 13.3. The summed E-state index contributed by atoms with van der Waals surface area (Å²) < 4.78 is 4.60. The lowest BCUT2D eigenvalue weighted by molar-refractivity contribution is -0.151. The van der Waals surface area contributed by atoms with Gasteiger partial charge in [-0.15, -0.1) is 11.8 Å². The summed E-state index contributed by atoms with van der Waals surface area (Å²) in [5.41, 5.74) is -0.383. The molecule has 0 aromatic rings. The van der Waals surface area contributed by atoms with Crippen molar-refractivity contribution < 1.29 is 24.2 Å². The number of thioether (sulfide) groups is 1. The summed E-state index contributed by atoms with van der Waals surface area (Å²) in [6.45, 7) is 11.8. The Hall–Kier alpha value is -1.80. The number of cyclic esters (lactones) is 1. The van der Waals surface area contributed by atoms with Crippen molar-refractivity contribution in [2.45, 2.75) is 75.5 Å². The highest BCUT2D eigenvalue weighted by Crippen LogP contribution is 2.61. The van der Waals surface area contributed by atoms with Gasteiger partial charge in [-0.25, -0.2) is 0 Å². The number of carbonyl (C=O) groups is 3. The molecule has 0 aromatic heterocycles. The molecule has 188 valence electrons. The quantitative estimate of drug-likeness (QED) is 0.350. The van der Waals surface area contributed by atoms with E-state index in [0.29, 0.717) is 25.9 Å². The molecule has 0 radical (unpaired) electrons. The van der Waals surface area contributed by atoms with Crippen molar-refractivity contribution in [3.63, 3.8) is 0 Å². The number of nitrogens with zero attached hydrogens (tertiary/aromatic N) is 2. The summed E-state index contributed by atoms with van der Waals surface area (Å²) in [6, 6.07) is -0.681. The van der Waals surface area contributed by atoms with Crippen LogP contribution in [-0.2, 0) is 19.1 Å². The highest BCUT2D eigenvalue weighted by molar-refractivity contribution is 8.02. The second kappa shape index (κ2) is 9.01. The molecule has 4 aliphatic heterocycles. The summed E-state index contributed by atoms with van der Waals surface area (Å²) in [5, 5.41) is 9.11. The van der Waals surface area contributed by atoms with Gasteiger partial charge in [0.05, 0.1) is 16.6 Å². The molecule has 4 rings (SSSR count). The summed E-state index contributed by atoms with van der Waals surface area (Å²) >= 11 is 1.57. The van der Waals surface area contributed by atoms with Crippen LogP contribution in [0.3, 0.4) is 0 Å². The van der Waals surface area contributed by atoms with Crippen LogP contribution in [0.15, 0.2) is 24.3 Å². The maximum absolute atomic E-state index is 14.3. The van der Waals surface area contributed by atoms with Crippen LogP contribution in [0.5, 0.6) is 0 Å². The van der Waals surface area contributed by atoms with Crippen LogP contribution in [0.1, 0.15) is 53.9 Å². The van der Waals surface area contributed by atoms with E-state index >= 15 is 0 Å². The van der Waals surface area contributed by atoms with Gasteiger partial charge in [0.1, 0.15) is 12.6 Å². The van der Waals surface area contributed by atoms with E-state index in [4.69, 9.17) is 4.74 Å². The Bertz CT molecular complexity index is 907. The molecule has 1 N–H and O–H groups in total. The van der Waals surface area contributed by atoms with Crippen molar-refractivity contribution in [1.29, 1.82) is 0 Å². The molecule has 4 aliphatic rings. The Labute approximate surface area is 206 Å². The van der Waals surface area contributed by atoms with E-state index in [2.05, 4.69) is 34.6 Å². The lowest BCUT2D eigenvalue weighted by Gasteiger charge is -2.44. The Morgan fingerprint density at radius 3 is 2.53 bits per heavy atom. The van der Waals surface area contributed by atoms with Crippen molar-refractivity contribution in [1.82, 2.24) is 9.80 Å². The first-order chi connectivity index (χ1) is 15.9. The van der Waals surface area contributed by atoms with Crippen molar-refractivity contribution in [3.8, 4) is 0 Å². The first-order valence-electron chi connectivity index (χ1n) is 12.3. The fourth-order valence-electron chi connectivity index (χ4n) is 6.54. The zero-order chi connectivity index (χ0) is 24.9. The van der Waals surface area contributed by atoms with Gasteiger partial charge in [0.25, 0.3) is 0 Å². The standard InChI is InChI=1S/C26H38N2O5S/c1-24(2,3)16-25(4,5)28-13-9-11-26-19(18-17(34-26)10-8-15-33-23(18)32)21(30)27(12-6-7-14-29)20(26)22(28)31/h8-11,17-20,29H,6-7,12-16H2,1-5H3/t17-,18+,19-,20?,26-/m0/s1. The number of ether oxygens (including phenoxy) is 1. The summed E-state index contributed by atoms with van der Waals surface area (Å²) in [4.78, 5) is 44.8. The molecule has 0 aromatic carbocycles. The van der Waals surface area contributed by atoms with Crippen LogP contribution >= 0.6 is 11.8 Å². The Morgan fingerprint density at radius 2 is 1.85 bits per heavy atom. The van der Waals surface area contributed by atoms with E-state index in [9.17, 15) is 19.5 Å². The average molecular weight is 491 g/mol. The van der Waals surface area contributed by atoms with Gasteiger partial charge in [0, 0.05) is 30.5 Å². The van der Waals surface area contributed by atoms with Crippen LogP contribution in [0.4, 0.5) is 0 Å². The number of aliphatic hydroxyl groups excluding tert-OH is 1. The maximum atomic E-state index is 14.3. The number of amides is 2. The summed E-state index contributed by atoms with van der Waals surface area (Å²) in [5.74, 6) is -1.80. The van der Waals surface area contributed by atoms with Crippen LogP contribution in [0.25, 0.3) is 0 Å². The monoisotopic (exact) mass is 490 g/mol. The molecule has 34 heavy (non-hydrogen) atoms. The predicted molar refractivity (Wildman–Crippen MR) is 132 cm³/mol. The molecule has 5 atom stereocenters. The molecular weight excluding hydrogens is 452 g/mol. The van der Waals surface area contributed by atoms with Crippen LogP contribution in [0.2, 0.25) is 0 Å². The van der Waals surface area contributed by atoms with Crippen molar-refractivity contribution >= 4 is 29.5 Å². The first kappa shape index (κ1) is 25.3. The van der Waals surface area contributed by atoms with Crippen molar-refractivity contribution in [3.05, 3.63) is 24.3 Å². The van der Waals surface area contributed by atoms with Gasteiger partial charge in [0.15, 0.2) is 0 Å². The Morgan fingerprint density at radius 1 is 1.12 bits per heavy atom. The molecule has 0 aliphatic carbocycles. The normalized spacial score (nSPS) is 33.4. The third-order valence-corrected chi connectivity index (χ3v) is 9.16. The molecule has 2 saturated heterocycles. The fourth-order valence-corrected chi connectivity index (χ4v) is 8.54. The van der Waals surface area contributed by atoms with E-state index in [-0.39, 0.29) is 41.7 Å². The van der Waals surface area contributed by atoms with Crippen LogP contribution in [0, 0.1) is 17.3 Å². The van der Waals surface area contributed by atoms with Gasteiger partial charge >= 0.3 is 5.97 Å². The smallest absolute Gasteiger partial charge is 0.311 e. The third-order valence-electron chi connectivity index (χ3n) is 7.41. The average Bonchev–Trinajstić information content (AvgIpc) is 3.00. The van der Waals surface area contributed by atoms with Gasteiger partial charge in [-0.2, -0.15) is 0 Å². The number of aliphatic hydroxyl groups is 1. The topological polar surface area (TPSA) is 87.2 Å². The molecule has 0 bridgehead atoms. The van der Waals surface area contributed by atoms with Gasteiger partial charge < -0.3 is 19.6 Å². The summed E-state index contributed by atoms with van der Waals surface area (Å²) in [7, 11) is 0. The minimum atomic E-state index is -0.810. The van der Waals surface area contributed by atoms with Gasteiger partial charge in [0.2, 0.25) is 11.8 Å². The third kappa shape index (κ3) is 4.21. The Balaban J connectivity index is 1.77.